The first-order chi connectivity index (χ1) is 8.29. The van der Waals surface area contributed by atoms with Crippen LogP contribution in [0.4, 0.5) is 0 Å². The Morgan fingerprint density at radius 3 is 1.79 bits per heavy atom. The topological polar surface area (TPSA) is 141 Å². The highest BCUT2D eigenvalue weighted by Gasteiger charge is 2.58. The monoisotopic (exact) mass is 317 g/mol. The highest BCUT2D eigenvalue weighted by Crippen LogP contribution is 2.68. The van der Waals surface area contributed by atoms with Gasteiger partial charge in [-0.1, -0.05) is 0 Å². The van der Waals surface area contributed by atoms with Crippen LogP contribution in [-0.4, -0.2) is 56.3 Å². The van der Waals surface area contributed by atoms with Gasteiger partial charge in [0.05, 0.1) is 27.2 Å². The molecular formula is C9H23N2O6P2+. The van der Waals surface area contributed by atoms with E-state index in [4.69, 9.17) is 5.73 Å². The lowest BCUT2D eigenvalue weighted by Crippen LogP contribution is -2.48. The summed E-state index contributed by atoms with van der Waals surface area (Å²) in [5, 5.41) is -2.76. The van der Waals surface area contributed by atoms with Crippen LogP contribution in [0.15, 0.2) is 0 Å². The van der Waals surface area contributed by atoms with E-state index in [1.165, 1.54) is 0 Å². The Kier molecular flexibility index (Phi) is 4.73. The minimum atomic E-state index is -5.10. The van der Waals surface area contributed by atoms with E-state index in [-0.39, 0.29) is 12.3 Å². The van der Waals surface area contributed by atoms with Gasteiger partial charge in [0.2, 0.25) is 5.02 Å². The number of hydrogen-bond acceptors (Lipinski definition) is 3. The summed E-state index contributed by atoms with van der Waals surface area (Å²) in [6.07, 6.45) is 0.930. The van der Waals surface area contributed by atoms with E-state index in [0.29, 0.717) is 12.8 Å². The lowest BCUT2D eigenvalue weighted by Gasteiger charge is -2.40. The van der Waals surface area contributed by atoms with Crippen molar-refractivity contribution in [2.75, 3.05) is 27.2 Å². The van der Waals surface area contributed by atoms with Crippen molar-refractivity contribution in [1.29, 1.82) is 0 Å². The number of likely N-dealkylation sites (tertiary alicyclic amines) is 1. The first-order valence-electron chi connectivity index (χ1n) is 6.01. The van der Waals surface area contributed by atoms with Gasteiger partial charge >= 0.3 is 15.2 Å². The van der Waals surface area contributed by atoms with Crippen molar-refractivity contribution >= 4 is 15.2 Å². The van der Waals surface area contributed by atoms with Crippen molar-refractivity contribution in [3.05, 3.63) is 0 Å². The van der Waals surface area contributed by atoms with Gasteiger partial charge in [0.15, 0.2) is 0 Å². The summed E-state index contributed by atoms with van der Waals surface area (Å²) >= 11 is 0. The Morgan fingerprint density at radius 1 is 1.11 bits per heavy atom. The zero-order valence-electron chi connectivity index (χ0n) is 11.1. The summed E-state index contributed by atoms with van der Waals surface area (Å²) in [6, 6.07) is 0. The molecule has 0 spiro atoms. The van der Waals surface area contributed by atoms with Crippen LogP contribution in [0.3, 0.4) is 0 Å². The molecule has 6 N–H and O–H groups in total. The lowest BCUT2D eigenvalue weighted by molar-refractivity contribution is -0.896. The van der Waals surface area contributed by atoms with Crippen molar-refractivity contribution in [2.24, 2.45) is 11.7 Å². The van der Waals surface area contributed by atoms with Gasteiger partial charge in [0.1, 0.15) is 0 Å². The highest BCUT2D eigenvalue weighted by molar-refractivity contribution is 7.72. The molecular weight excluding hydrogens is 294 g/mol. The van der Waals surface area contributed by atoms with Crippen LogP contribution in [-0.2, 0) is 9.13 Å². The molecule has 1 rings (SSSR count). The predicted molar refractivity (Wildman–Crippen MR) is 70.2 cm³/mol. The highest BCUT2D eigenvalue weighted by atomic mass is 31.2. The summed E-state index contributed by atoms with van der Waals surface area (Å²) in [7, 11) is -6.12. The summed E-state index contributed by atoms with van der Waals surface area (Å²) in [5.74, 6) is -0.184. The zero-order chi connectivity index (χ0) is 15.1. The predicted octanol–water partition coefficient (Wildman–Crippen LogP) is -0.169. The maximum Gasteiger partial charge on any atom is 0.357 e. The Bertz CT molecular complexity index is 396. The van der Waals surface area contributed by atoms with Gasteiger partial charge < -0.3 is 29.8 Å². The molecule has 8 nitrogen and oxygen atoms in total. The third kappa shape index (κ3) is 3.86. The van der Waals surface area contributed by atoms with Crippen LogP contribution in [0.25, 0.3) is 0 Å². The fraction of sp³-hybridized carbons (Fsp3) is 1.00. The Labute approximate surface area is 112 Å². The van der Waals surface area contributed by atoms with Crippen LogP contribution in [0.2, 0.25) is 0 Å². The second-order valence-electron chi connectivity index (χ2n) is 6.00. The fourth-order valence-electron chi connectivity index (χ4n) is 2.36. The minimum absolute atomic E-state index is 0.184. The van der Waals surface area contributed by atoms with Gasteiger partial charge in [0.25, 0.3) is 0 Å². The van der Waals surface area contributed by atoms with Crippen molar-refractivity contribution in [3.63, 3.8) is 0 Å². The molecule has 0 unspecified atom stereocenters. The minimum Gasteiger partial charge on any atom is -0.328 e. The number of piperidine rings is 1. The molecule has 19 heavy (non-hydrogen) atoms. The van der Waals surface area contributed by atoms with E-state index < -0.39 is 20.2 Å². The molecule has 0 amide bonds. The maximum atomic E-state index is 11.4. The SMILES string of the molecule is C[N+]1(C)CCC(CC(N)(P(=O)(O)O)P(=O)(O)O)CC1. The first kappa shape index (κ1) is 17.3. The summed E-state index contributed by atoms with van der Waals surface area (Å²) in [5.41, 5.74) is 5.42. The summed E-state index contributed by atoms with van der Waals surface area (Å²) in [4.78, 5) is 36.8. The normalized spacial score (nSPS) is 22.5. The molecule has 0 saturated carbocycles. The second-order valence-corrected chi connectivity index (χ2v) is 10.1. The third-order valence-corrected chi connectivity index (χ3v) is 7.83. The van der Waals surface area contributed by atoms with E-state index in [2.05, 4.69) is 0 Å². The molecule has 1 aliphatic heterocycles. The van der Waals surface area contributed by atoms with Gasteiger partial charge in [-0.05, 0) is 25.2 Å². The molecule has 0 bridgehead atoms. The molecule has 0 aromatic heterocycles. The first-order valence-corrected chi connectivity index (χ1v) is 9.23. The van der Waals surface area contributed by atoms with Crippen LogP contribution < -0.4 is 5.73 Å². The molecule has 1 saturated heterocycles. The number of rotatable bonds is 4. The van der Waals surface area contributed by atoms with E-state index in [1.807, 2.05) is 14.1 Å². The lowest BCUT2D eigenvalue weighted by atomic mass is 9.92. The molecule has 0 radical (unpaired) electrons. The van der Waals surface area contributed by atoms with E-state index in [1.54, 1.807) is 0 Å². The standard InChI is InChI=1S/C9H22N2O6P2/c1-11(2)5-3-8(4-6-11)7-9(10,18(12,13)14)19(15,16)17/h8H,3-7,10H2,1-2H3,(H3-,12,13,14,15,16,17)/p+1. The van der Waals surface area contributed by atoms with Crippen LogP contribution in [0, 0.1) is 5.92 Å². The maximum absolute atomic E-state index is 11.4. The Balaban J connectivity index is 2.88. The van der Waals surface area contributed by atoms with Crippen molar-refractivity contribution in [1.82, 2.24) is 0 Å². The smallest absolute Gasteiger partial charge is 0.328 e. The van der Waals surface area contributed by atoms with E-state index in [0.717, 1.165) is 17.6 Å². The van der Waals surface area contributed by atoms with Crippen LogP contribution in [0.1, 0.15) is 19.3 Å². The number of quaternary nitrogens is 1. The quantitative estimate of drug-likeness (QED) is 0.358. The molecule has 1 fully saturated rings. The van der Waals surface area contributed by atoms with Gasteiger partial charge in [-0.15, -0.1) is 0 Å². The average molecular weight is 317 g/mol. The number of nitrogens with two attached hydrogens (primary N) is 1. The van der Waals surface area contributed by atoms with E-state index >= 15 is 0 Å². The van der Waals surface area contributed by atoms with Crippen molar-refractivity contribution < 1.29 is 33.2 Å². The molecule has 0 aromatic carbocycles. The van der Waals surface area contributed by atoms with Gasteiger partial charge in [-0.2, -0.15) is 0 Å². The van der Waals surface area contributed by atoms with Crippen LogP contribution >= 0.6 is 15.2 Å². The van der Waals surface area contributed by atoms with Gasteiger partial charge in [-0.3, -0.25) is 9.13 Å². The zero-order valence-corrected chi connectivity index (χ0v) is 12.9. The van der Waals surface area contributed by atoms with Gasteiger partial charge in [-0.25, -0.2) is 0 Å². The van der Waals surface area contributed by atoms with Gasteiger partial charge in [0, 0.05) is 0 Å². The van der Waals surface area contributed by atoms with Crippen LogP contribution in [0.5, 0.6) is 0 Å². The fourth-order valence-corrected chi connectivity index (χ4v) is 4.71. The van der Waals surface area contributed by atoms with Crippen molar-refractivity contribution in [2.45, 2.75) is 24.3 Å². The Morgan fingerprint density at radius 2 is 1.47 bits per heavy atom. The summed E-state index contributed by atoms with van der Waals surface area (Å²) < 4.78 is 23.5. The Hall–Kier alpha value is 0.220. The second kappa shape index (κ2) is 5.20. The average Bonchev–Trinajstić information content (AvgIpc) is 2.17. The molecule has 1 heterocycles. The molecule has 10 heteroatoms. The molecule has 0 atom stereocenters. The molecule has 0 aliphatic carbocycles. The largest absolute Gasteiger partial charge is 0.357 e. The third-order valence-electron chi connectivity index (χ3n) is 3.88. The molecule has 114 valence electrons. The number of hydrogen-bond donors (Lipinski definition) is 5. The molecule has 1 aliphatic rings. The number of nitrogens with zero attached hydrogens (tertiary/aromatic N) is 1. The summed E-state index contributed by atoms with van der Waals surface area (Å²) in [6.45, 7) is 1.59. The molecule has 0 aromatic rings. The van der Waals surface area contributed by atoms with Crippen molar-refractivity contribution in [3.8, 4) is 0 Å². The van der Waals surface area contributed by atoms with E-state index in [9.17, 15) is 28.7 Å².